The highest BCUT2D eigenvalue weighted by molar-refractivity contribution is 7.86. The number of nitrogens with zero attached hydrogens (tertiary/aromatic N) is 1. The molecule has 21 heavy (non-hydrogen) atoms. The van der Waals surface area contributed by atoms with Gasteiger partial charge in [0.2, 0.25) is 0 Å². The van der Waals surface area contributed by atoms with Gasteiger partial charge < -0.3 is 0 Å². The number of non-ortho nitro benzene ring substituents is 1. The van der Waals surface area contributed by atoms with Gasteiger partial charge in [-0.25, -0.2) is 0 Å². The van der Waals surface area contributed by atoms with Crippen LogP contribution in [0.5, 0.6) is 0 Å². The van der Waals surface area contributed by atoms with Gasteiger partial charge in [0.1, 0.15) is 0 Å². The van der Waals surface area contributed by atoms with E-state index >= 15 is 0 Å². The normalized spacial score (nSPS) is 11.3. The zero-order valence-electron chi connectivity index (χ0n) is 11.2. The average Bonchev–Trinajstić information content (AvgIpc) is 2.46. The van der Waals surface area contributed by atoms with Crippen LogP contribution in [0.15, 0.2) is 53.4 Å². The van der Waals surface area contributed by atoms with Gasteiger partial charge in [0.05, 0.1) is 16.4 Å². The van der Waals surface area contributed by atoms with E-state index in [1.807, 2.05) is 0 Å². The second kappa shape index (κ2) is 6.02. The van der Waals surface area contributed by atoms with Gasteiger partial charge in [-0.15, -0.1) is 0 Å². The Kier molecular flexibility index (Phi) is 4.35. The van der Waals surface area contributed by atoms with Crippen LogP contribution in [0, 0.1) is 17.0 Å². The van der Waals surface area contributed by atoms with E-state index in [4.69, 9.17) is 4.18 Å². The lowest BCUT2D eigenvalue weighted by molar-refractivity contribution is -0.384. The number of aryl methyl sites for hydroxylation is 1. The molecule has 2 rings (SSSR count). The van der Waals surface area contributed by atoms with Gasteiger partial charge in [-0.1, -0.05) is 18.2 Å². The Morgan fingerprint density at radius 2 is 1.71 bits per heavy atom. The maximum atomic E-state index is 12.1. The third-order valence-electron chi connectivity index (χ3n) is 2.89. The van der Waals surface area contributed by atoms with Crippen LogP contribution in [0.2, 0.25) is 0 Å². The maximum absolute atomic E-state index is 12.1. The minimum atomic E-state index is -3.85. The van der Waals surface area contributed by atoms with Crippen LogP contribution < -0.4 is 0 Å². The quantitative estimate of drug-likeness (QED) is 0.481. The van der Waals surface area contributed by atoms with E-state index in [0.29, 0.717) is 11.1 Å². The largest absolute Gasteiger partial charge is 0.297 e. The molecule has 0 aromatic heterocycles. The average molecular weight is 307 g/mol. The first-order valence-electron chi connectivity index (χ1n) is 6.08. The van der Waals surface area contributed by atoms with E-state index in [9.17, 15) is 18.5 Å². The van der Waals surface area contributed by atoms with Crippen molar-refractivity contribution >= 4 is 15.8 Å². The van der Waals surface area contributed by atoms with Crippen LogP contribution >= 0.6 is 0 Å². The zero-order chi connectivity index (χ0) is 15.5. The van der Waals surface area contributed by atoms with Gasteiger partial charge in [0.15, 0.2) is 0 Å². The van der Waals surface area contributed by atoms with E-state index in [1.54, 1.807) is 25.1 Å². The van der Waals surface area contributed by atoms with Crippen molar-refractivity contribution in [1.82, 2.24) is 0 Å². The molecule has 110 valence electrons. The van der Waals surface area contributed by atoms with Gasteiger partial charge in [0.25, 0.3) is 15.8 Å². The van der Waals surface area contributed by atoms with Crippen LogP contribution in [-0.2, 0) is 20.9 Å². The predicted octanol–water partition coefficient (Wildman–Crippen LogP) is 2.81. The van der Waals surface area contributed by atoms with Crippen LogP contribution in [0.3, 0.4) is 0 Å². The zero-order valence-corrected chi connectivity index (χ0v) is 12.0. The molecule has 2 aromatic rings. The number of nitro groups is 1. The number of nitro benzene ring substituents is 1. The Bertz CT molecular complexity index is 753. The molecule has 0 atom stereocenters. The van der Waals surface area contributed by atoms with Crippen molar-refractivity contribution < 1.29 is 17.5 Å². The smallest absolute Gasteiger partial charge is 0.262 e. The molecular formula is C14H13NO5S. The molecule has 0 aliphatic carbocycles. The summed E-state index contributed by atoms with van der Waals surface area (Å²) in [5.74, 6) is 0. The second-order valence-electron chi connectivity index (χ2n) is 4.41. The Morgan fingerprint density at radius 1 is 1.10 bits per heavy atom. The Morgan fingerprint density at radius 3 is 2.29 bits per heavy atom. The summed E-state index contributed by atoms with van der Waals surface area (Å²) in [5, 5.41) is 10.5. The van der Waals surface area contributed by atoms with Crippen LogP contribution in [0.25, 0.3) is 0 Å². The molecular weight excluding hydrogens is 294 g/mol. The maximum Gasteiger partial charge on any atom is 0.297 e. The first-order valence-corrected chi connectivity index (χ1v) is 7.49. The second-order valence-corrected chi connectivity index (χ2v) is 5.99. The van der Waals surface area contributed by atoms with Crippen molar-refractivity contribution in [3.05, 3.63) is 69.8 Å². The van der Waals surface area contributed by atoms with Crippen molar-refractivity contribution in [3.63, 3.8) is 0 Å². The van der Waals surface area contributed by atoms with E-state index in [2.05, 4.69) is 0 Å². The highest BCUT2D eigenvalue weighted by atomic mass is 32.2. The van der Waals surface area contributed by atoms with Crippen molar-refractivity contribution in [1.29, 1.82) is 0 Å². The molecule has 0 spiro atoms. The fourth-order valence-electron chi connectivity index (χ4n) is 1.76. The molecule has 6 nitrogen and oxygen atoms in total. The minimum Gasteiger partial charge on any atom is -0.262 e. The Labute approximate surface area is 122 Å². The predicted molar refractivity (Wildman–Crippen MR) is 76.3 cm³/mol. The first kappa shape index (κ1) is 15.1. The van der Waals surface area contributed by atoms with Crippen molar-refractivity contribution in [2.24, 2.45) is 0 Å². The van der Waals surface area contributed by atoms with Gasteiger partial charge in [-0.3, -0.25) is 14.3 Å². The summed E-state index contributed by atoms with van der Waals surface area (Å²) >= 11 is 0. The van der Waals surface area contributed by atoms with Gasteiger partial charge in [0, 0.05) is 12.1 Å². The van der Waals surface area contributed by atoms with Crippen molar-refractivity contribution in [3.8, 4) is 0 Å². The summed E-state index contributed by atoms with van der Waals surface area (Å²) in [6, 6.07) is 12.1. The Balaban J connectivity index is 2.12. The molecule has 0 radical (unpaired) electrons. The molecule has 0 N–H and O–H groups in total. The highest BCUT2D eigenvalue weighted by Crippen LogP contribution is 2.19. The molecule has 0 fully saturated rings. The topological polar surface area (TPSA) is 86.5 Å². The van der Waals surface area contributed by atoms with E-state index in [0.717, 1.165) is 0 Å². The highest BCUT2D eigenvalue weighted by Gasteiger charge is 2.17. The molecule has 0 bridgehead atoms. The lowest BCUT2D eigenvalue weighted by atomic mass is 10.2. The molecule has 0 amide bonds. The molecule has 2 aromatic carbocycles. The third kappa shape index (κ3) is 3.65. The van der Waals surface area contributed by atoms with Gasteiger partial charge >= 0.3 is 0 Å². The molecule has 0 heterocycles. The van der Waals surface area contributed by atoms with E-state index in [-0.39, 0.29) is 17.2 Å². The fourth-order valence-corrected chi connectivity index (χ4v) is 2.89. The minimum absolute atomic E-state index is 0.0551. The standard InChI is InChI=1S/C14H13NO5S/c1-11-4-2-3-5-14(11)21(18,19)20-10-12-6-8-13(9-7-12)15(16)17/h2-9H,10H2,1H3. The number of hydrogen-bond donors (Lipinski definition) is 0. The summed E-state index contributed by atoms with van der Waals surface area (Å²) < 4.78 is 29.1. The van der Waals surface area contributed by atoms with Crippen LogP contribution in [0.4, 0.5) is 5.69 Å². The molecule has 0 saturated carbocycles. The fraction of sp³-hybridized carbons (Fsp3) is 0.143. The monoisotopic (exact) mass is 307 g/mol. The lowest BCUT2D eigenvalue weighted by Gasteiger charge is -2.08. The van der Waals surface area contributed by atoms with Gasteiger partial charge in [-0.2, -0.15) is 8.42 Å². The summed E-state index contributed by atoms with van der Waals surface area (Å²) in [6.45, 7) is 1.51. The summed E-state index contributed by atoms with van der Waals surface area (Å²) in [7, 11) is -3.85. The van der Waals surface area contributed by atoms with Crippen molar-refractivity contribution in [2.75, 3.05) is 0 Å². The number of rotatable bonds is 5. The van der Waals surface area contributed by atoms with E-state index < -0.39 is 15.0 Å². The SMILES string of the molecule is Cc1ccccc1S(=O)(=O)OCc1ccc([N+](=O)[O-])cc1. The number of benzene rings is 2. The Hall–Kier alpha value is -2.25. The summed E-state index contributed by atoms with van der Waals surface area (Å²) in [6.07, 6.45) is 0. The lowest BCUT2D eigenvalue weighted by Crippen LogP contribution is -2.08. The molecule has 0 unspecified atom stereocenters. The molecule has 0 saturated heterocycles. The summed E-state index contributed by atoms with van der Waals surface area (Å²) in [5.41, 5.74) is 1.08. The number of hydrogen-bond acceptors (Lipinski definition) is 5. The van der Waals surface area contributed by atoms with E-state index in [1.165, 1.54) is 30.3 Å². The van der Waals surface area contributed by atoms with Gasteiger partial charge in [-0.05, 0) is 36.2 Å². The molecule has 0 aliphatic rings. The molecule has 0 aliphatic heterocycles. The molecule has 7 heteroatoms. The van der Waals surface area contributed by atoms with Crippen LogP contribution in [0.1, 0.15) is 11.1 Å². The van der Waals surface area contributed by atoms with Crippen LogP contribution in [-0.4, -0.2) is 13.3 Å². The third-order valence-corrected chi connectivity index (χ3v) is 4.32. The summed E-state index contributed by atoms with van der Waals surface area (Å²) in [4.78, 5) is 10.1. The van der Waals surface area contributed by atoms with Crippen molar-refractivity contribution in [2.45, 2.75) is 18.4 Å². The first-order chi connectivity index (χ1) is 9.90.